The Bertz CT molecular complexity index is 1030. The standard InChI is InChI=1S/C29H41N5O3/c1-34(2,29(31)37)26(18-22-11-7-4-8-12-22)28(36)33-25(17-21-9-5-3-6-10-21)27(35)32-20-24-15-13-23(19-30)14-16-24/h3,5-6,9-10,13-16,22,25-26H,4,7-8,11-12,17-20,30H2,1-2H3,(H3-,31,32,33,35,36,37)/p+1/t25-,26+/m0/s1. The molecule has 8 nitrogen and oxygen atoms in total. The number of hydrogen-bond donors (Lipinski definition) is 4. The van der Waals surface area contributed by atoms with Gasteiger partial charge < -0.3 is 22.1 Å². The highest BCUT2D eigenvalue weighted by Crippen LogP contribution is 2.30. The van der Waals surface area contributed by atoms with E-state index in [0.29, 0.717) is 31.8 Å². The van der Waals surface area contributed by atoms with Crippen molar-refractivity contribution in [3.8, 4) is 0 Å². The molecule has 0 unspecified atom stereocenters. The fraction of sp³-hybridized carbons (Fsp3) is 0.483. The van der Waals surface area contributed by atoms with Crippen LogP contribution in [-0.2, 0) is 29.1 Å². The summed E-state index contributed by atoms with van der Waals surface area (Å²) in [6.07, 6.45) is 6.46. The third kappa shape index (κ3) is 8.13. The molecule has 0 aromatic heterocycles. The number of nitrogens with zero attached hydrogens (tertiary/aromatic N) is 1. The van der Waals surface area contributed by atoms with Gasteiger partial charge in [-0.2, -0.15) is 0 Å². The fourth-order valence-corrected chi connectivity index (χ4v) is 4.99. The summed E-state index contributed by atoms with van der Waals surface area (Å²) in [5.41, 5.74) is 14.3. The number of amides is 4. The number of carbonyl (C=O) groups excluding carboxylic acids is 3. The summed E-state index contributed by atoms with van der Waals surface area (Å²) in [6, 6.07) is 15.3. The molecule has 200 valence electrons. The van der Waals surface area contributed by atoms with Crippen molar-refractivity contribution < 1.29 is 18.9 Å². The SMILES string of the molecule is C[N+](C)(C(N)=O)[C@H](CC1CCCCC1)C(=O)N[C@@H](Cc1ccccc1)C(=O)NCc1ccc(CN)cc1. The van der Waals surface area contributed by atoms with E-state index in [1.54, 1.807) is 14.1 Å². The molecule has 1 saturated carbocycles. The Morgan fingerprint density at radius 3 is 2.11 bits per heavy atom. The van der Waals surface area contributed by atoms with E-state index in [1.165, 1.54) is 6.42 Å². The molecule has 2 aromatic rings. The normalized spacial score (nSPS) is 16.0. The van der Waals surface area contributed by atoms with E-state index in [-0.39, 0.29) is 16.3 Å². The highest BCUT2D eigenvalue weighted by molar-refractivity contribution is 5.90. The first kappa shape index (κ1) is 28.3. The van der Waals surface area contributed by atoms with Crippen LogP contribution in [0.3, 0.4) is 0 Å². The van der Waals surface area contributed by atoms with Gasteiger partial charge in [-0.05, 0) is 22.6 Å². The highest BCUT2D eigenvalue weighted by Gasteiger charge is 2.42. The zero-order valence-electron chi connectivity index (χ0n) is 22.1. The monoisotopic (exact) mass is 508 g/mol. The molecule has 0 spiro atoms. The van der Waals surface area contributed by atoms with E-state index in [9.17, 15) is 14.4 Å². The van der Waals surface area contributed by atoms with Gasteiger partial charge in [0.05, 0.1) is 14.1 Å². The molecule has 8 heteroatoms. The quantitative estimate of drug-likeness (QED) is 0.348. The molecular formula is C29H42N5O3+. The zero-order chi connectivity index (χ0) is 26.8. The minimum absolute atomic E-state index is 0.254. The van der Waals surface area contributed by atoms with Crippen molar-refractivity contribution in [2.24, 2.45) is 17.4 Å². The molecule has 0 saturated heterocycles. The maximum Gasteiger partial charge on any atom is 0.414 e. The number of rotatable bonds is 11. The van der Waals surface area contributed by atoms with Crippen LogP contribution in [0.15, 0.2) is 54.6 Å². The molecule has 2 aromatic carbocycles. The van der Waals surface area contributed by atoms with Gasteiger partial charge in [-0.15, -0.1) is 0 Å². The largest absolute Gasteiger partial charge is 0.414 e. The molecule has 2 atom stereocenters. The highest BCUT2D eigenvalue weighted by atomic mass is 16.2. The summed E-state index contributed by atoms with van der Waals surface area (Å²) < 4.78 is -0.254. The Morgan fingerprint density at radius 1 is 0.892 bits per heavy atom. The number of nitrogens with two attached hydrogens (primary N) is 2. The zero-order valence-corrected chi connectivity index (χ0v) is 22.1. The van der Waals surface area contributed by atoms with Crippen LogP contribution in [0.25, 0.3) is 0 Å². The number of hydrogen-bond acceptors (Lipinski definition) is 4. The van der Waals surface area contributed by atoms with Crippen LogP contribution in [0.1, 0.15) is 55.2 Å². The summed E-state index contributed by atoms with van der Waals surface area (Å²) in [6.45, 7) is 0.791. The lowest BCUT2D eigenvalue weighted by molar-refractivity contribution is -0.826. The van der Waals surface area contributed by atoms with E-state index >= 15 is 0 Å². The molecule has 4 amide bonds. The van der Waals surface area contributed by atoms with E-state index in [4.69, 9.17) is 11.5 Å². The van der Waals surface area contributed by atoms with E-state index in [0.717, 1.165) is 42.4 Å². The predicted molar refractivity (Wildman–Crippen MR) is 145 cm³/mol. The number of likely N-dealkylation sites (N-methyl/N-ethyl adjacent to an activating group) is 1. The molecular weight excluding hydrogens is 466 g/mol. The van der Waals surface area contributed by atoms with Gasteiger partial charge in [-0.1, -0.05) is 86.7 Å². The van der Waals surface area contributed by atoms with Gasteiger partial charge in [0.2, 0.25) is 5.91 Å². The van der Waals surface area contributed by atoms with Crippen molar-refractivity contribution in [2.75, 3.05) is 14.1 Å². The number of carbonyl (C=O) groups is 3. The van der Waals surface area contributed by atoms with Gasteiger partial charge in [0.25, 0.3) is 5.91 Å². The summed E-state index contributed by atoms with van der Waals surface area (Å²) >= 11 is 0. The summed E-state index contributed by atoms with van der Waals surface area (Å²) in [5.74, 6) is -0.238. The first-order valence-electron chi connectivity index (χ1n) is 13.2. The third-order valence-corrected chi connectivity index (χ3v) is 7.57. The Labute approximate surface area is 220 Å². The van der Waals surface area contributed by atoms with Crippen molar-refractivity contribution >= 4 is 17.8 Å². The van der Waals surface area contributed by atoms with Crippen LogP contribution >= 0.6 is 0 Å². The van der Waals surface area contributed by atoms with Crippen LogP contribution in [0, 0.1) is 5.92 Å². The average molecular weight is 509 g/mol. The third-order valence-electron chi connectivity index (χ3n) is 7.57. The van der Waals surface area contributed by atoms with Crippen LogP contribution in [0.4, 0.5) is 4.79 Å². The van der Waals surface area contributed by atoms with Crippen LogP contribution in [-0.4, -0.2) is 48.5 Å². The van der Waals surface area contributed by atoms with Crippen molar-refractivity contribution in [3.63, 3.8) is 0 Å². The molecule has 0 bridgehead atoms. The van der Waals surface area contributed by atoms with Crippen molar-refractivity contribution in [1.29, 1.82) is 0 Å². The summed E-state index contributed by atoms with van der Waals surface area (Å²) in [4.78, 5) is 39.4. The van der Waals surface area contributed by atoms with Crippen molar-refractivity contribution in [3.05, 3.63) is 71.3 Å². The van der Waals surface area contributed by atoms with E-state index < -0.39 is 18.1 Å². The molecule has 3 rings (SSSR count). The van der Waals surface area contributed by atoms with Gasteiger partial charge in [-0.3, -0.25) is 9.59 Å². The van der Waals surface area contributed by atoms with Gasteiger partial charge in [-0.25, -0.2) is 9.28 Å². The van der Waals surface area contributed by atoms with Crippen LogP contribution in [0.5, 0.6) is 0 Å². The Morgan fingerprint density at radius 2 is 1.51 bits per heavy atom. The van der Waals surface area contributed by atoms with Gasteiger partial charge in [0.15, 0.2) is 6.04 Å². The number of nitrogens with one attached hydrogen (secondary N) is 2. The lowest BCUT2D eigenvalue weighted by atomic mass is 9.84. The van der Waals surface area contributed by atoms with E-state index in [1.807, 2.05) is 54.6 Å². The first-order chi connectivity index (χ1) is 17.7. The van der Waals surface area contributed by atoms with Crippen molar-refractivity contribution in [1.82, 2.24) is 10.6 Å². The minimum atomic E-state index is -0.792. The number of quaternary nitrogens is 1. The van der Waals surface area contributed by atoms with Crippen LogP contribution in [0.2, 0.25) is 0 Å². The summed E-state index contributed by atoms with van der Waals surface area (Å²) in [7, 11) is 3.35. The smallest absolute Gasteiger partial charge is 0.350 e. The van der Waals surface area contributed by atoms with Gasteiger partial charge in [0.1, 0.15) is 6.04 Å². The second-order valence-corrected chi connectivity index (χ2v) is 10.6. The Balaban J connectivity index is 1.77. The summed E-state index contributed by atoms with van der Waals surface area (Å²) in [5, 5.41) is 5.94. The Hall–Kier alpha value is -3.23. The first-order valence-corrected chi connectivity index (χ1v) is 13.2. The molecule has 0 radical (unpaired) electrons. The molecule has 0 aliphatic heterocycles. The number of urea groups is 1. The second kappa shape index (κ2) is 13.4. The Kier molecular flexibility index (Phi) is 10.2. The molecule has 1 aliphatic carbocycles. The number of primary amides is 1. The molecule has 0 heterocycles. The molecule has 1 aliphatic rings. The minimum Gasteiger partial charge on any atom is -0.350 e. The topological polar surface area (TPSA) is 127 Å². The van der Waals surface area contributed by atoms with E-state index in [2.05, 4.69) is 10.6 Å². The maximum atomic E-state index is 13.7. The average Bonchev–Trinajstić information content (AvgIpc) is 2.91. The van der Waals surface area contributed by atoms with Gasteiger partial charge in [0, 0.05) is 25.9 Å². The van der Waals surface area contributed by atoms with Gasteiger partial charge >= 0.3 is 6.03 Å². The maximum absolute atomic E-state index is 13.7. The molecule has 37 heavy (non-hydrogen) atoms. The molecule has 6 N–H and O–H groups in total. The predicted octanol–water partition coefficient (Wildman–Crippen LogP) is 2.98. The number of benzene rings is 2. The second-order valence-electron chi connectivity index (χ2n) is 10.6. The van der Waals surface area contributed by atoms with Crippen LogP contribution < -0.4 is 22.1 Å². The van der Waals surface area contributed by atoms with Crippen molar-refractivity contribution in [2.45, 2.75) is 70.1 Å². The molecule has 1 fully saturated rings. The lowest BCUT2D eigenvalue weighted by Gasteiger charge is -2.36. The lowest BCUT2D eigenvalue weighted by Crippen LogP contribution is -2.63. The fourth-order valence-electron chi connectivity index (χ4n) is 4.99.